The third kappa shape index (κ3) is 3.68. The van der Waals surface area contributed by atoms with Crippen molar-refractivity contribution < 1.29 is 13.2 Å². The Morgan fingerprint density at radius 2 is 1.89 bits per heavy atom. The molecule has 1 aliphatic carbocycles. The van der Waals surface area contributed by atoms with Crippen molar-refractivity contribution in [2.24, 2.45) is 0 Å². The molecule has 0 bridgehead atoms. The van der Waals surface area contributed by atoms with Crippen molar-refractivity contribution in [3.63, 3.8) is 0 Å². The maximum absolute atomic E-state index is 12.0. The van der Waals surface area contributed by atoms with Gasteiger partial charge in [0.25, 0.3) is 0 Å². The molecule has 1 atom stereocenters. The van der Waals surface area contributed by atoms with Gasteiger partial charge in [0.05, 0.1) is 5.25 Å². The van der Waals surface area contributed by atoms with E-state index in [1.807, 2.05) is 0 Å². The molecular weight excluding hydrogens is 252 g/mol. The van der Waals surface area contributed by atoms with E-state index in [9.17, 15) is 13.2 Å². The van der Waals surface area contributed by atoms with Crippen LogP contribution in [0.1, 0.15) is 38.5 Å². The molecule has 0 aromatic rings. The number of nitrogens with one attached hydrogen (secondary N) is 2. The summed E-state index contributed by atoms with van der Waals surface area (Å²) in [7, 11) is -3.24. The minimum absolute atomic E-state index is 0.0880. The molecule has 1 heterocycles. The fourth-order valence-electron chi connectivity index (χ4n) is 2.79. The van der Waals surface area contributed by atoms with Crippen LogP contribution in [0.15, 0.2) is 0 Å². The molecule has 1 amide bonds. The Balaban J connectivity index is 1.82. The topological polar surface area (TPSA) is 75.3 Å². The number of hydrogen-bond donors (Lipinski definition) is 2. The van der Waals surface area contributed by atoms with Crippen molar-refractivity contribution in [1.82, 2.24) is 10.6 Å². The largest absolute Gasteiger partial charge is 0.351 e. The van der Waals surface area contributed by atoms with E-state index in [1.54, 1.807) is 0 Å². The fourth-order valence-corrected chi connectivity index (χ4v) is 4.53. The molecule has 18 heavy (non-hydrogen) atoms. The normalized spacial score (nSPS) is 26.1. The fraction of sp³-hybridized carbons (Fsp3) is 0.917. The first-order valence-electron chi connectivity index (χ1n) is 6.79. The molecular formula is C12H22N2O3S. The number of carbonyl (C=O) groups excluding carboxylic acids is 1. The van der Waals surface area contributed by atoms with Crippen LogP contribution in [0.5, 0.6) is 0 Å². The monoisotopic (exact) mass is 274 g/mol. The van der Waals surface area contributed by atoms with Crippen LogP contribution < -0.4 is 10.6 Å². The van der Waals surface area contributed by atoms with E-state index in [0.29, 0.717) is 0 Å². The summed E-state index contributed by atoms with van der Waals surface area (Å²) in [5.41, 5.74) is 0. The van der Waals surface area contributed by atoms with Crippen LogP contribution >= 0.6 is 0 Å². The van der Waals surface area contributed by atoms with Crippen LogP contribution in [0.4, 0.5) is 0 Å². The summed E-state index contributed by atoms with van der Waals surface area (Å²) in [5.74, 6) is -0.677. The standard InChI is InChI=1S/C12H22N2O3S/c15-12(14-10-4-3-7-13-8-10)9-18(16,17)11-5-1-2-6-11/h10-11,13H,1-9H2,(H,14,15). The average molecular weight is 274 g/mol. The number of hydrogen-bond acceptors (Lipinski definition) is 4. The van der Waals surface area contributed by atoms with E-state index < -0.39 is 9.84 Å². The lowest BCUT2D eigenvalue weighted by molar-refractivity contribution is -0.119. The predicted molar refractivity (Wildman–Crippen MR) is 70.1 cm³/mol. The summed E-state index contributed by atoms with van der Waals surface area (Å²) < 4.78 is 24.0. The van der Waals surface area contributed by atoms with Crippen molar-refractivity contribution in [2.45, 2.75) is 49.8 Å². The molecule has 6 heteroatoms. The summed E-state index contributed by atoms with van der Waals surface area (Å²) in [6.07, 6.45) is 5.35. The second-order valence-electron chi connectivity index (χ2n) is 5.32. The van der Waals surface area contributed by atoms with Gasteiger partial charge >= 0.3 is 0 Å². The van der Waals surface area contributed by atoms with E-state index >= 15 is 0 Å². The molecule has 2 N–H and O–H groups in total. The summed E-state index contributed by atoms with van der Waals surface area (Å²) in [4.78, 5) is 11.8. The molecule has 1 saturated carbocycles. The highest BCUT2D eigenvalue weighted by Gasteiger charge is 2.31. The van der Waals surface area contributed by atoms with E-state index in [-0.39, 0.29) is 23.0 Å². The van der Waals surface area contributed by atoms with Crippen LogP contribution in [0.3, 0.4) is 0 Å². The van der Waals surface area contributed by atoms with Crippen molar-refractivity contribution in [3.8, 4) is 0 Å². The molecule has 1 saturated heterocycles. The van der Waals surface area contributed by atoms with Crippen molar-refractivity contribution in [1.29, 1.82) is 0 Å². The summed E-state index contributed by atoms with van der Waals surface area (Å²) in [6, 6.07) is 0.0880. The van der Waals surface area contributed by atoms with Gasteiger partial charge in [-0.2, -0.15) is 0 Å². The Bertz CT molecular complexity index is 382. The van der Waals surface area contributed by atoms with Gasteiger partial charge in [0.1, 0.15) is 5.75 Å². The second-order valence-corrected chi connectivity index (χ2v) is 7.61. The smallest absolute Gasteiger partial charge is 0.235 e. The van der Waals surface area contributed by atoms with Gasteiger partial charge in [0.15, 0.2) is 9.84 Å². The van der Waals surface area contributed by atoms with E-state index in [2.05, 4.69) is 10.6 Å². The summed E-state index contributed by atoms with van der Waals surface area (Å²) >= 11 is 0. The SMILES string of the molecule is O=C(CS(=O)(=O)C1CCCC1)NC1CCCNC1. The van der Waals surface area contributed by atoms with Crippen molar-refractivity contribution in [2.75, 3.05) is 18.8 Å². The van der Waals surface area contributed by atoms with Gasteiger partial charge in [-0.25, -0.2) is 8.42 Å². The summed E-state index contributed by atoms with van der Waals surface area (Å²) in [6.45, 7) is 1.72. The number of piperidine rings is 1. The first-order valence-corrected chi connectivity index (χ1v) is 8.51. The molecule has 2 aliphatic rings. The van der Waals surface area contributed by atoms with Crippen molar-refractivity contribution in [3.05, 3.63) is 0 Å². The maximum Gasteiger partial charge on any atom is 0.235 e. The molecule has 0 aromatic heterocycles. The Kier molecular flexibility index (Phi) is 4.61. The average Bonchev–Trinajstić information content (AvgIpc) is 2.83. The second kappa shape index (κ2) is 6.02. The van der Waals surface area contributed by atoms with E-state index in [1.165, 1.54) is 0 Å². The Morgan fingerprint density at radius 3 is 2.50 bits per heavy atom. The quantitative estimate of drug-likeness (QED) is 0.768. The zero-order valence-electron chi connectivity index (χ0n) is 10.7. The molecule has 2 fully saturated rings. The van der Waals surface area contributed by atoms with Gasteiger partial charge in [-0.15, -0.1) is 0 Å². The number of rotatable bonds is 4. The maximum atomic E-state index is 12.0. The zero-order valence-corrected chi connectivity index (χ0v) is 11.5. The first kappa shape index (κ1) is 13.8. The predicted octanol–water partition coefficient (Wildman–Crippen LogP) is 0.212. The Labute approximate surface area is 109 Å². The highest BCUT2D eigenvalue weighted by atomic mass is 32.2. The van der Waals surface area contributed by atoms with Crippen LogP contribution in [-0.2, 0) is 14.6 Å². The minimum Gasteiger partial charge on any atom is -0.351 e. The van der Waals surface area contributed by atoms with Crippen molar-refractivity contribution >= 4 is 15.7 Å². The van der Waals surface area contributed by atoms with Crippen LogP contribution in [0, 0.1) is 0 Å². The van der Waals surface area contributed by atoms with Gasteiger partial charge in [0, 0.05) is 12.6 Å². The third-order valence-corrected chi connectivity index (χ3v) is 5.96. The first-order chi connectivity index (χ1) is 8.58. The lowest BCUT2D eigenvalue weighted by atomic mass is 10.1. The van der Waals surface area contributed by atoms with E-state index in [4.69, 9.17) is 0 Å². The molecule has 5 nitrogen and oxygen atoms in total. The van der Waals surface area contributed by atoms with E-state index in [0.717, 1.165) is 51.6 Å². The third-order valence-electron chi connectivity index (χ3n) is 3.80. The van der Waals surface area contributed by atoms with Crippen LogP contribution in [0.2, 0.25) is 0 Å². The molecule has 1 aliphatic heterocycles. The zero-order chi connectivity index (χ0) is 13.0. The van der Waals surface area contributed by atoms with Gasteiger partial charge in [0.2, 0.25) is 5.91 Å². The molecule has 2 rings (SSSR count). The highest BCUT2D eigenvalue weighted by Crippen LogP contribution is 2.25. The number of carbonyl (C=O) groups is 1. The van der Waals surface area contributed by atoms with Gasteiger partial charge in [-0.1, -0.05) is 12.8 Å². The van der Waals surface area contributed by atoms with Gasteiger partial charge in [-0.05, 0) is 32.2 Å². The lowest BCUT2D eigenvalue weighted by Crippen LogP contribution is -2.47. The van der Waals surface area contributed by atoms with Crippen LogP contribution in [0.25, 0.3) is 0 Å². The molecule has 1 unspecified atom stereocenters. The highest BCUT2D eigenvalue weighted by molar-refractivity contribution is 7.92. The molecule has 104 valence electrons. The van der Waals surface area contributed by atoms with Gasteiger partial charge in [-0.3, -0.25) is 4.79 Å². The number of amides is 1. The minimum atomic E-state index is -3.24. The Hall–Kier alpha value is -0.620. The molecule has 0 aromatic carbocycles. The van der Waals surface area contributed by atoms with Gasteiger partial charge < -0.3 is 10.6 Å². The Morgan fingerprint density at radius 1 is 1.17 bits per heavy atom. The lowest BCUT2D eigenvalue weighted by Gasteiger charge is -2.24. The summed E-state index contributed by atoms with van der Waals surface area (Å²) in [5, 5.41) is 5.73. The van der Waals surface area contributed by atoms with Crippen LogP contribution in [-0.4, -0.2) is 44.5 Å². The molecule has 0 radical (unpaired) electrons. The number of sulfone groups is 1. The molecule has 0 spiro atoms.